The van der Waals surface area contributed by atoms with Crippen LogP contribution in [-0.2, 0) is 0 Å². The maximum Gasteiger partial charge on any atom is 0.159 e. The van der Waals surface area contributed by atoms with Gasteiger partial charge < -0.3 is 5.32 Å². The van der Waals surface area contributed by atoms with Gasteiger partial charge in [0.15, 0.2) is 11.6 Å². The van der Waals surface area contributed by atoms with Crippen LogP contribution in [0, 0.1) is 11.6 Å². The molecule has 0 radical (unpaired) electrons. The van der Waals surface area contributed by atoms with Crippen LogP contribution in [-0.4, -0.2) is 12.1 Å². The van der Waals surface area contributed by atoms with Crippen molar-refractivity contribution in [2.45, 2.75) is 25.3 Å². The van der Waals surface area contributed by atoms with Gasteiger partial charge in [0.2, 0.25) is 0 Å². The first-order chi connectivity index (χ1) is 6.50. The zero-order chi connectivity index (χ0) is 10.3. The Hall–Kier alpha value is -0.960. The van der Waals surface area contributed by atoms with E-state index in [0.29, 0.717) is 0 Å². The number of hydrogen-bond donors (Lipinski definition) is 1. The Kier molecular flexibility index (Phi) is 2.07. The molecule has 76 valence electrons. The van der Waals surface area contributed by atoms with Gasteiger partial charge in [0, 0.05) is 18.0 Å². The van der Waals surface area contributed by atoms with Crippen LogP contribution in [0.25, 0.3) is 0 Å². The molecular weight excluding hydrogens is 184 g/mol. The molecule has 1 atom stereocenters. The summed E-state index contributed by atoms with van der Waals surface area (Å²) in [5.41, 5.74) is 0.859. The van der Waals surface area contributed by atoms with E-state index in [1.807, 2.05) is 0 Å². The lowest BCUT2D eigenvalue weighted by Crippen LogP contribution is -2.59. The van der Waals surface area contributed by atoms with E-state index in [1.165, 1.54) is 12.1 Å². The van der Waals surface area contributed by atoms with Gasteiger partial charge in [-0.2, -0.15) is 0 Å². The summed E-state index contributed by atoms with van der Waals surface area (Å²) in [5, 5.41) is 3.25. The summed E-state index contributed by atoms with van der Waals surface area (Å²) in [6, 6.07) is 4.15. The Balaban J connectivity index is 2.30. The van der Waals surface area contributed by atoms with Gasteiger partial charge in [-0.25, -0.2) is 8.78 Å². The highest BCUT2D eigenvalue weighted by Crippen LogP contribution is 2.35. The molecule has 0 saturated carbocycles. The predicted octanol–water partition coefficient (Wildman–Crippen LogP) is 2.43. The Labute approximate surface area is 82.1 Å². The molecular formula is C11H13F2N. The Morgan fingerprint density at radius 2 is 2.00 bits per heavy atom. The van der Waals surface area contributed by atoms with Gasteiger partial charge in [0.25, 0.3) is 0 Å². The second kappa shape index (κ2) is 3.02. The van der Waals surface area contributed by atoms with Gasteiger partial charge in [-0.15, -0.1) is 0 Å². The van der Waals surface area contributed by atoms with Crippen molar-refractivity contribution in [1.29, 1.82) is 0 Å². The first-order valence-corrected chi connectivity index (χ1v) is 4.71. The first-order valence-electron chi connectivity index (χ1n) is 4.71. The van der Waals surface area contributed by atoms with Crippen molar-refractivity contribution in [3.05, 3.63) is 35.4 Å². The zero-order valence-electron chi connectivity index (χ0n) is 8.27. The van der Waals surface area contributed by atoms with Crippen LogP contribution < -0.4 is 5.32 Å². The van der Waals surface area contributed by atoms with Gasteiger partial charge in [-0.05, 0) is 31.5 Å². The van der Waals surface area contributed by atoms with Crippen LogP contribution in [0.3, 0.4) is 0 Å². The van der Waals surface area contributed by atoms with Gasteiger partial charge in [0.05, 0.1) is 0 Å². The third-order valence-electron chi connectivity index (χ3n) is 2.98. The molecule has 1 heterocycles. The maximum atomic E-state index is 13.0. The van der Waals surface area contributed by atoms with Crippen molar-refractivity contribution in [3.8, 4) is 0 Å². The highest BCUT2D eigenvalue weighted by atomic mass is 19.2. The molecule has 1 nitrogen and oxygen atoms in total. The smallest absolute Gasteiger partial charge is 0.159 e. The monoisotopic (exact) mass is 197 g/mol. The van der Waals surface area contributed by atoms with Crippen LogP contribution in [0.2, 0.25) is 0 Å². The highest BCUT2D eigenvalue weighted by molar-refractivity contribution is 5.28. The van der Waals surface area contributed by atoms with E-state index in [4.69, 9.17) is 0 Å². The molecule has 0 spiro atoms. The van der Waals surface area contributed by atoms with E-state index >= 15 is 0 Å². The summed E-state index contributed by atoms with van der Waals surface area (Å²) in [5.74, 6) is -1.26. The Morgan fingerprint density at radius 3 is 2.43 bits per heavy atom. The molecule has 0 aliphatic carbocycles. The van der Waals surface area contributed by atoms with Crippen molar-refractivity contribution in [2.75, 3.05) is 6.54 Å². The van der Waals surface area contributed by atoms with E-state index in [0.717, 1.165) is 12.1 Å². The Morgan fingerprint density at radius 1 is 1.29 bits per heavy atom. The average molecular weight is 197 g/mol. The molecule has 14 heavy (non-hydrogen) atoms. The molecule has 0 bridgehead atoms. The van der Waals surface area contributed by atoms with Crippen LogP contribution in [0.1, 0.15) is 25.3 Å². The number of halogens is 2. The highest BCUT2D eigenvalue weighted by Gasteiger charge is 2.38. The average Bonchev–Trinajstić information content (AvgIpc) is 2.10. The molecule has 1 unspecified atom stereocenters. The van der Waals surface area contributed by atoms with Crippen molar-refractivity contribution < 1.29 is 8.78 Å². The molecule has 1 N–H and O–H groups in total. The van der Waals surface area contributed by atoms with Crippen LogP contribution in [0.15, 0.2) is 18.2 Å². The van der Waals surface area contributed by atoms with Crippen LogP contribution in [0.5, 0.6) is 0 Å². The standard InChI is InChI=1S/C11H13F2N/c1-11(2)8(6-14-11)7-3-4-9(12)10(13)5-7/h3-5,8,14H,6H2,1-2H3. The molecule has 1 fully saturated rings. The zero-order valence-corrected chi connectivity index (χ0v) is 8.27. The summed E-state index contributed by atoms with van der Waals surface area (Å²) in [6.45, 7) is 4.95. The minimum Gasteiger partial charge on any atom is -0.310 e. The van der Waals surface area contributed by atoms with Gasteiger partial charge >= 0.3 is 0 Å². The molecule has 1 aromatic rings. The van der Waals surface area contributed by atoms with Crippen molar-refractivity contribution in [1.82, 2.24) is 5.32 Å². The molecule has 1 aliphatic heterocycles. The Bertz CT molecular complexity index is 360. The second-order valence-electron chi connectivity index (χ2n) is 4.33. The summed E-state index contributed by atoms with van der Waals surface area (Å²) >= 11 is 0. The number of nitrogens with one attached hydrogen (secondary N) is 1. The van der Waals surface area contributed by atoms with Gasteiger partial charge in [0.1, 0.15) is 0 Å². The second-order valence-corrected chi connectivity index (χ2v) is 4.33. The number of benzene rings is 1. The third kappa shape index (κ3) is 1.42. The SMILES string of the molecule is CC1(C)NCC1c1ccc(F)c(F)c1. The first kappa shape index (κ1) is 9.59. The fourth-order valence-electron chi connectivity index (χ4n) is 1.88. The van der Waals surface area contributed by atoms with E-state index in [-0.39, 0.29) is 11.5 Å². The van der Waals surface area contributed by atoms with E-state index < -0.39 is 11.6 Å². The minimum atomic E-state index is -0.779. The maximum absolute atomic E-state index is 13.0. The van der Waals surface area contributed by atoms with Gasteiger partial charge in [-0.1, -0.05) is 6.07 Å². The third-order valence-corrected chi connectivity index (χ3v) is 2.98. The molecule has 1 aliphatic rings. The van der Waals surface area contributed by atoms with Crippen LogP contribution >= 0.6 is 0 Å². The summed E-state index contributed by atoms with van der Waals surface area (Å²) < 4.78 is 25.6. The molecule has 1 saturated heterocycles. The molecule has 2 rings (SSSR count). The van der Waals surface area contributed by atoms with Crippen molar-refractivity contribution in [3.63, 3.8) is 0 Å². The molecule has 0 aromatic heterocycles. The largest absolute Gasteiger partial charge is 0.310 e. The molecule has 1 aromatic carbocycles. The van der Waals surface area contributed by atoms with Crippen molar-refractivity contribution >= 4 is 0 Å². The fraction of sp³-hybridized carbons (Fsp3) is 0.455. The van der Waals surface area contributed by atoms with E-state index in [1.54, 1.807) is 6.07 Å². The lowest BCUT2D eigenvalue weighted by Gasteiger charge is -2.46. The lowest BCUT2D eigenvalue weighted by atomic mass is 9.75. The van der Waals surface area contributed by atoms with Crippen molar-refractivity contribution in [2.24, 2.45) is 0 Å². The summed E-state index contributed by atoms with van der Waals surface area (Å²) in [7, 11) is 0. The van der Waals surface area contributed by atoms with Gasteiger partial charge in [-0.3, -0.25) is 0 Å². The van der Waals surface area contributed by atoms with E-state index in [9.17, 15) is 8.78 Å². The summed E-state index contributed by atoms with van der Waals surface area (Å²) in [4.78, 5) is 0. The number of hydrogen-bond acceptors (Lipinski definition) is 1. The summed E-state index contributed by atoms with van der Waals surface area (Å²) in [6.07, 6.45) is 0. The predicted molar refractivity (Wildman–Crippen MR) is 51.2 cm³/mol. The number of rotatable bonds is 1. The molecule has 3 heteroatoms. The normalized spacial score (nSPS) is 24.4. The topological polar surface area (TPSA) is 12.0 Å². The van der Waals surface area contributed by atoms with Crippen LogP contribution in [0.4, 0.5) is 8.78 Å². The fourth-order valence-corrected chi connectivity index (χ4v) is 1.88. The minimum absolute atomic E-state index is 0.00965. The quantitative estimate of drug-likeness (QED) is 0.729. The molecule has 0 amide bonds. The lowest BCUT2D eigenvalue weighted by molar-refractivity contribution is 0.207. The van der Waals surface area contributed by atoms with E-state index in [2.05, 4.69) is 19.2 Å².